The molecule has 0 unspecified atom stereocenters. The molecule has 4 nitrogen and oxygen atoms in total. The van der Waals surface area contributed by atoms with Gasteiger partial charge in [-0.15, -0.1) is 0 Å². The van der Waals surface area contributed by atoms with Crippen LogP contribution >= 0.6 is 0 Å². The quantitative estimate of drug-likeness (QED) is 0.613. The summed E-state index contributed by atoms with van der Waals surface area (Å²) in [6, 6.07) is 20.7. The smallest absolute Gasteiger partial charge is 0.309 e. The molecule has 0 aromatic heterocycles. The number of likely N-dealkylation sites (tertiary alicyclic amines) is 1. The average molecular weight is 354 g/mol. The van der Waals surface area contributed by atoms with Gasteiger partial charge in [0.15, 0.2) is 5.60 Å². The number of rotatable bonds is 7. The van der Waals surface area contributed by atoms with E-state index in [0.717, 1.165) is 17.6 Å². The van der Waals surface area contributed by atoms with Crippen LogP contribution in [0.25, 0.3) is 0 Å². The van der Waals surface area contributed by atoms with Crippen LogP contribution in [-0.4, -0.2) is 40.4 Å². The standard InChI is InChI=1S/C22H28NO3/c1-3-26-21(24)14-22(25)17-23(18(22)2,15-19-10-6-4-7-11-19)16-20-12-8-5-9-13-20/h4-13,18,25H,3,14-17H2,1-2H3/q+1/t18-,22-/m0/s1. The number of ether oxygens (including phenoxy) is 1. The summed E-state index contributed by atoms with van der Waals surface area (Å²) < 4.78 is 5.80. The molecule has 4 heteroatoms. The Morgan fingerprint density at radius 1 is 1.08 bits per heavy atom. The van der Waals surface area contributed by atoms with Crippen LogP contribution in [-0.2, 0) is 22.6 Å². The summed E-state index contributed by atoms with van der Waals surface area (Å²) in [7, 11) is 0. The van der Waals surface area contributed by atoms with Crippen molar-refractivity contribution in [2.75, 3.05) is 13.2 Å². The Bertz CT molecular complexity index is 690. The third-order valence-corrected chi connectivity index (χ3v) is 5.62. The first-order chi connectivity index (χ1) is 12.5. The lowest BCUT2D eigenvalue weighted by atomic mass is 9.77. The molecule has 26 heavy (non-hydrogen) atoms. The molecule has 0 saturated carbocycles. The van der Waals surface area contributed by atoms with Gasteiger partial charge in [0.1, 0.15) is 25.7 Å². The molecule has 0 radical (unpaired) electrons. The molecule has 1 heterocycles. The van der Waals surface area contributed by atoms with Gasteiger partial charge in [0.25, 0.3) is 0 Å². The Kier molecular flexibility index (Phi) is 5.44. The molecule has 1 saturated heterocycles. The molecular formula is C22H28NO3+. The second-order valence-electron chi connectivity index (χ2n) is 7.43. The predicted molar refractivity (Wildman–Crippen MR) is 101 cm³/mol. The third-order valence-electron chi connectivity index (χ3n) is 5.62. The van der Waals surface area contributed by atoms with Crippen LogP contribution < -0.4 is 0 Å². The first-order valence-corrected chi connectivity index (χ1v) is 9.29. The fraction of sp³-hybridized carbons (Fsp3) is 0.409. The minimum absolute atomic E-state index is 0.0488. The zero-order valence-electron chi connectivity index (χ0n) is 15.6. The average Bonchev–Trinajstić information content (AvgIpc) is 2.63. The summed E-state index contributed by atoms with van der Waals surface area (Å²) >= 11 is 0. The van der Waals surface area contributed by atoms with E-state index in [4.69, 9.17) is 4.74 Å². The van der Waals surface area contributed by atoms with Gasteiger partial charge in [-0.25, -0.2) is 0 Å². The lowest BCUT2D eigenvalue weighted by Gasteiger charge is -2.60. The number of aliphatic hydroxyl groups is 1. The Balaban J connectivity index is 1.82. The van der Waals surface area contributed by atoms with E-state index in [1.807, 2.05) is 36.4 Å². The molecule has 1 fully saturated rings. The third kappa shape index (κ3) is 3.81. The Labute approximate surface area is 155 Å². The van der Waals surface area contributed by atoms with Gasteiger partial charge in [0, 0.05) is 11.1 Å². The van der Waals surface area contributed by atoms with Gasteiger partial charge in [-0.1, -0.05) is 60.7 Å². The minimum atomic E-state index is -1.00. The van der Waals surface area contributed by atoms with Crippen LogP contribution in [0.2, 0.25) is 0 Å². The molecule has 2 aromatic carbocycles. The van der Waals surface area contributed by atoms with Crippen molar-refractivity contribution < 1.29 is 19.1 Å². The van der Waals surface area contributed by atoms with Crippen molar-refractivity contribution in [1.29, 1.82) is 0 Å². The highest BCUT2D eigenvalue weighted by Crippen LogP contribution is 2.43. The second kappa shape index (κ2) is 7.60. The monoisotopic (exact) mass is 354 g/mol. The first-order valence-electron chi connectivity index (χ1n) is 9.29. The van der Waals surface area contributed by atoms with E-state index in [-0.39, 0.29) is 18.4 Å². The number of nitrogens with zero attached hydrogens (tertiary/aromatic N) is 1. The topological polar surface area (TPSA) is 46.5 Å². The minimum Gasteiger partial charge on any atom is -0.466 e. The van der Waals surface area contributed by atoms with Crippen LogP contribution in [0.1, 0.15) is 31.4 Å². The molecule has 138 valence electrons. The summed E-state index contributed by atoms with van der Waals surface area (Å²) in [5.74, 6) is -0.320. The molecule has 1 N–H and O–H groups in total. The van der Waals surface area contributed by atoms with Gasteiger partial charge in [-0.05, 0) is 13.8 Å². The Morgan fingerprint density at radius 2 is 1.58 bits per heavy atom. The SMILES string of the molecule is CCOC(=O)C[C@]1(O)C[N+](Cc2ccccc2)(Cc2ccccc2)[C@H]1C. The summed E-state index contributed by atoms with van der Waals surface area (Å²) in [6.45, 7) is 6.41. The number of carbonyl (C=O) groups is 1. The Hall–Kier alpha value is -2.17. The number of hydrogen-bond acceptors (Lipinski definition) is 3. The fourth-order valence-corrected chi connectivity index (χ4v) is 4.21. The fourth-order valence-electron chi connectivity index (χ4n) is 4.21. The van der Waals surface area contributed by atoms with Crippen molar-refractivity contribution in [3.05, 3.63) is 71.8 Å². The zero-order chi connectivity index (χ0) is 18.6. The molecule has 0 bridgehead atoms. The largest absolute Gasteiger partial charge is 0.466 e. The number of benzene rings is 2. The normalized spacial score (nSPS) is 23.9. The van der Waals surface area contributed by atoms with Crippen molar-refractivity contribution >= 4 is 5.97 Å². The van der Waals surface area contributed by atoms with Crippen LogP contribution in [0.3, 0.4) is 0 Å². The van der Waals surface area contributed by atoms with Gasteiger partial charge in [-0.3, -0.25) is 4.79 Å². The summed E-state index contributed by atoms with van der Waals surface area (Å²) in [5.41, 5.74) is 1.48. The molecule has 0 aliphatic carbocycles. The van der Waals surface area contributed by atoms with Crippen molar-refractivity contribution in [3.63, 3.8) is 0 Å². The van der Waals surface area contributed by atoms with E-state index in [1.165, 1.54) is 11.1 Å². The lowest BCUT2D eigenvalue weighted by molar-refractivity contribution is -1.03. The van der Waals surface area contributed by atoms with Crippen molar-refractivity contribution in [2.45, 2.75) is 45.0 Å². The zero-order valence-corrected chi connectivity index (χ0v) is 15.6. The van der Waals surface area contributed by atoms with E-state index in [0.29, 0.717) is 13.2 Å². The molecule has 2 aromatic rings. The van der Waals surface area contributed by atoms with Crippen LogP contribution in [0, 0.1) is 0 Å². The molecule has 0 amide bonds. The van der Waals surface area contributed by atoms with Crippen molar-refractivity contribution in [2.24, 2.45) is 0 Å². The van der Waals surface area contributed by atoms with Gasteiger partial charge in [0.2, 0.25) is 0 Å². The molecule has 1 aliphatic heterocycles. The highest BCUT2D eigenvalue weighted by Gasteiger charge is 2.62. The van der Waals surface area contributed by atoms with E-state index < -0.39 is 5.60 Å². The maximum atomic E-state index is 11.9. The number of carbonyl (C=O) groups excluding carboxylic acids is 1. The Morgan fingerprint density at radius 3 is 2.00 bits per heavy atom. The number of quaternary nitrogens is 1. The lowest BCUT2D eigenvalue weighted by Crippen LogP contribution is -2.78. The van der Waals surface area contributed by atoms with Crippen LogP contribution in [0.15, 0.2) is 60.7 Å². The van der Waals surface area contributed by atoms with E-state index in [9.17, 15) is 9.90 Å². The molecule has 3 rings (SSSR count). The molecule has 0 spiro atoms. The first kappa shape index (κ1) is 18.6. The van der Waals surface area contributed by atoms with E-state index in [2.05, 4.69) is 31.2 Å². The van der Waals surface area contributed by atoms with Gasteiger partial charge in [-0.2, -0.15) is 0 Å². The molecule has 2 atom stereocenters. The van der Waals surface area contributed by atoms with Gasteiger partial charge >= 0.3 is 5.97 Å². The highest BCUT2D eigenvalue weighted by atomic mass is 16.5. The summed E-state index contributed by atoms with van der Waals surface area (Å²) in [6.07, 6.45) is 0.0611. The second-order valence-corrected chi connectivity index (χ2v) is 7.43. The van der Waals surface area contributed by atoms with Crippen molar-refractivity contribution in [1.82, 2.24) is 0 Å². The van der Waals surface area contributed by atoms with Crippen LogP contribution in [0.4, 0.5) is 0 Å². The number of hydrogen-bond donors (Lipinski definition) is 1. The summed E-state index contributed by atoms with van der Waals surface area (Å²) in [4.78, 5) is 11.9. The summed E-state index contributed by atoms with van der Waals surface area (Å²) in [5, 5.41) is 11.1. The molecular weight excluding hydrogens is 326 g/mol. The van der Waals surface area contributed by atoms with E-state index in [1.54, 1.807) is 6.92 Å². The van der Waals surface area contributed by atoms with Crippen molar-refractivity contribution in [3.8, 4) is 0 Å². The maximum absolute atomic E-state index is 11.9. The van der Waals surface area contributed by atoms with Crippen LogP contribution in [0.5, 0.6) is 0 Å². The van der Waals surface area contributed by atoms with Gasteiger partial charge < -0.3 is 14.3 Å². The number of esters is 1. The predicted octanol–water partition coefficient (Wildman–Crippen LogP) is 3.29. The highest BCUT2D eigenvalue weighted by molar-refractivity contribution is 5.71. The maximum Gasteiger partial charge on any atom is 0.309 e. The molecule has 1 aliphatic rings. The van der Waals surface area contributed by atoms with Gasteiger partial charge in [0.05, 0.1) is 13.0 Å². The van der Waals surface area contributed by atoms with E-state index >= 15 is 0 Å².